The van der Waals surface area contributed by atoms with E-state index in [1.165, 1.54) is 6.07 Å². The number of carboxylic acids is 1. The van der Waals surface area contributed by atoms with Gasteiger partial charge in [-0.05, 0) is 12.1 Å². The largest absolute Gasteiger partial charge is 0.497 e. The first-order valence-corrected chi connectivity index (χ1v) is 5.91. The Balaban J connectivity index is 2.07. The Morgan fingerprint density at radius 2 is 1.85 bits per heavy atom. The predicted octanol–water partition coefficient (Wildman–Crippen LogP) is 2.61. The van der Waals surface area contributed by atoms with E-state index < -0.39 is 5.97 Å². The Kier molecular flexibility index (Phi) is 4.14. The summed E-state index contributed by atoms with van der Waals surface area (Å²) in [4.78, 5) is 10.7. The standard InChI is InChI=1S/C14H15NO5/c1-18-11-5-9(6-12(7-11)19-2)15-8-10-3-4-13(20-10)14(16)17/h3-7,15H,8H2,1-2H3,(H,16,17). The molecule has 20 heavy (non-hydrogen) atoms. The highest BCUT2D eigenvalue weighted by Crippen LogP contribution is 2.26. The van der Waals surface area contributed by atoms with Gasteiger partial charge in [0.05, 0.1) is 20.8 Å². The second-order valence-corrected chi connectivity index (χ2v) is 4.03. The van der Waals surface area contributed by atoms with Gasteiger partial charge in [0.15, 0.2) is 0 Å². The van der Waals surface area contributed by atoms with Gasteiger partial charge < -0.3 is 24.3 Å². The van der Waals surface area contributed by atoms with Gasteiger partial charge in [-0.2, -0.15) is 0 Å². The van der Waals surface area contributed by atoms with E-state index in [-0.39, 0.29) is 5.76 Å². The van der Waals surface area contributed by atoms with Gasteiger partial charge in [-0.25, -0.2) is 4.79 Å². The first kappa shape index (κ1) is 13.8. The van der Waals surface area contributed by atoms with Crippen molar-refractivity contribution in [2.24, 2.45) is 0 Å². The summed E-state index contributed by atoms with van der Waals surface area (Å²) in [5.41, 5.74) is 0.787. The van der Waals surface area contributed by atoms with Crippen LogP contribution in [0.2, 0.25) is 0 Å². The van der Waals surface area contributed by atoms with E-state index in [4.69, 9.17) is 19.0 Å². The van der Waals surface area contributed by atoms with Gasteiger partial charge in [0.25, 0.3) is 0 Å². The van der Waals surface area contributed by atoms with Gasteiger partial charge in [0.2, 0.25) is 5.76 Å². The number of carbonyl (C=O) groups is 1. The van der Waals surface area contributed by atoms with E-state index in [1.807, 2.05) is 12.1 Å². The fraction of sp³-hybridized carbons (Fsp3) is 0.214. The molecule has 0 bridgehead atoms. The molecule has 0 fully saturated rings. The summed E-state index contributed by atoms with van der Waals surface area (Å²) in [6.07, 6.45) is 0. The normalized spacial score (nSPS) is 10.1. The Labute approximate surface area is 115 Å². The van der Waals surface area contributed by atoms with Gasteiger partial charge in [-0.3, -0.25) is 0 Å². The molecular formula is C14H15NO5. The minimum atomic E-state index is -1.08. The van der Waals surface area contributed by atoms with Crippen molar-refractivity contribution in [2.75, 3.05) is 19.5 Å². The zero-order chi connectivity index (χ0) is 14.5. The third-order valence-electron chi connectivity index (χ3n) is 2.69. The molecule has 0 aliphatic carbocycles. The number of hydrogen-bond donors (Lipinski definition) is 2. The maximum absolute atomic E-state index is 10.7. The van der Waals surface area contributed by atoms with E-state index in [1.54, 1.807) is 26.4 Å². The summed E-state index contributed by atoms with van der Waals surface area (Å²) >= 11 is 0. The van der Waals surface area contributed by atoms with E-state index in [9.17, 15) is 4.79 Å². The second kappa shape index (κ2) is 6.01. The molecule has 6 heteroatoms. The summed E-state index contributed by atoms with van der Waals surface area (Å²) < 4.78 is 15.5. The van der Waals surface area contributed by atoms with Gasteiger partial charge in [-0.1, -0.05) is 0 Å². The quantitative estimate of drug-likeness (QED) is 0.844. The van der Waals surface area contributed by atoms with E-state index in [2.05, 4.69) is 5.32 Å². The summed E-state index contributed by atoms with van der Waals surface area (Å²) in [5.74, 6) is 0.698. The lowest BCUT2D eigenvalue weighted by molar-refractivity contribution is 0.0660. The monoisotopic (exact) mass is 277 g/mol. The molecule has 106 valence electrons. The second-order valence-electron chi connectivity index (χ2n) is 4.03. The fourth-order valence-corrected chi connectivity index (χ4v) is 1.69. The van der Waals surface area contributed by atoms with Crippen molar-refractivity contribution in [1.29, 1.82) is 0 Å². The molecule has 1 aromatic carbocycles. The van der Waals surface area contributed by atoms with E-state index in [0.29, 0.717) is 23.8 Å². The van der Waals surface area contributed by atoms with Crippen molar-refractivity contribution in [1.82, 2.24) is 0 Å². The van der Waals surface area contributed by atoms with Crippen LogP contribution in [-0.2, 0) is 6.54 Å². The van der Waals surface area contributed by atoms with Crippen LogP contribution in [0.1, 0.15) is 16.3 Å². The highest BCUT2D eigenvalue weighted by molar-refractivity contribution is 5.84. The average molecular weight is 277 g/mol. The number of aromatic carboxylic acids is 1. The Morgan fingerprint density at radius 3 is 2.35 bits per heavy atom. The first-order valence-electron chi connectivity index (χ1n) is 5.91. The van der Waals surface area contributed by atoms with E-state index >= 15 is 0 Å². The highest BCUT2D eigenvalue weighted by atomic mass is 16.5. The maximum Gasteiger partial charge on any atom is 0.371 e. The molecule has 1 aromatic heterocycles. The van der Waals surface area contributed by atoms with Crippen LogP contribution in [0.15, 0.2) is 34.7 Å². The maximum atomic E-state index is 10.7. The zero-order valence-electron chi connectivity index (χ0n) is 11.2. The number of ether oxygens (including phenoxy) is 2. The molecule has 6 nitrogen and oxygen atoms in total. The Morgan fingerprint density at radius 1 is 1.20 bits per heavy atom. The van der Waals surface area contributed by atoms with Crippen LogP contribution in [0.5, 0.6) is 11.5 Å². The third-order valence-corrected chi connectivity index (χ3v) is 2.69. The molecule has 1 heterocycles. The number of nitrogens with one attached hydrogen (secondary N) is 1. The fourth-order valence-electron chi connectivity index (χ4n) is 1.69. The SMILES string of the molecule is COc1cc(NCc2ccc(C(=O)O)o2)cc(OC)c1. The number of anilines is 1. The number of rotatable bonds is 6. The minimum absolute atomic E-state index is 0.0787. The molecular weight excluding hydrogens is 262 g/mol. The molecule has 0 atom stereocenters. The third kappa shape index (κ3) is 3.23. The number of carboxylic acid groups (broad SMARTS) is 1. The van der Waals surface area contributed by atoms with Crippen molar-refractivity contribution >= 4 is 11.7 Å². The van der Waals surface area contributed by atoms with Crippen LogP contribution >= 0.6 is 0 Å². The molecule has 2 N–H and O–H groups in total. The molecule has 0 unspecified atom stereocenters. The number of furan rings is 1. The zero-order valence-corrected chi connectivity index (χ0v) is 11.2. The molecule has 0 aliphatic heterocycles. The number of benzene rings is 1. The van der Waals surface area contributed by atoms with Crippen molar-refractivity contribution in [2.45, 2.75) is 6.54 Å². The van der Waals surface area contributed by atoms with Crippen LogP contribution in [0.4, 0.5) is 5.69 Å². The lowest BCUT2D eigenvalue weighted by Gasteiger charge is -2.09. The van der Waals surface area contributed by atoms with Gasteiger partial charge in [-0.15, -0.1) is 0 Å². The number of methoxy groups -OCH3 is 2. The number of hydrogen-bond acceptors (Lipinski definition) is 5. The Bertz CT molecular complexity index is 583. The molecule has 0 spiro atoms. The van der Waals surface area contributed by atoms with Gasteiger partial charge in [0, 0.05) is 23.9 Å². The predicted molar refractivity (Wildman–Crippen MR) is 72.5 cm³/mol. The van der Waals surface area contributed by atoms with Crippen molar-refractivity contribution < 1.29 is 23.8 Å². The van der Waals surface area contributed by atoms with Crippen molar-refractivity contribution in [3.63, 3.8) is 0 Å². The molecule has 2 rings (SSSR count). The summed E-state index contributed by atoms with van der Waals surface area (Å²) in [6.45, 7) is 0.365. The van der Waals surface area contributed by atoms with Crippen LogP contribution in [-0.4, -0.2) is 25.3 Å². The van der Waals surface area contributed by atoms with Crippen LogP contribution in [0.25, 0.3) is 0 Å². The Hall–Kier alpha value is -2.63. The van der Waals surface area contributed by atoms with Gasteiger partial charge >= 0.3 is 5.97 Å². The van der Waals surface area contributed by atoms with Crippen molar-refractivity contribution in [3.05, 3.63) is 41.9 Å². The molecule has 0 radical (unpaired) electrons. The topological polar surface area (TPSA) is 80.9 Å². The van der Waals surface area contributed by atoms with Crippen LogP contribution in [0, 0.1) is 0 Å². The average Bonchev–Trinajstić information content (AvgIpc) is 2.93. The van der Waals surface area contributed by atoms with Crippen LogP contribution in [0.3, 0.4) is 0 Å². The lowest BCUT2D eigenvalue weighted by Crippen LogP contribution is -1.99. The summed E-state index contributed by atoms with van der Waals surface area (Å²) in [7, 11) is 3.15. The summed E-state index contributed by atoms with van der Waals surface area (Å²) in [5, 5.41) is 11.9. The molecule has 0 amide bonds. The minimum Gasteiger partial charge on any atom is -0.497 e. The van der Waals surface area contributed by atoms with E-state index in [0.717, 1.165) is 5.69 Å². The van der Waals surface area contributed by atoms with Crippen molar-refractivity contribution in [3.8, 4) is 11.5 Å². The first-order chi connectivity index (χ1) is 9.62. The highest BCUT2D eigenvalue weighted by Gasteiger charge is 2.09. The molecule has 2 aromatic rings. The summed E-state index contributed by atoms with van der Waals surface area (Å²) in [6, 6.07) is 8.42. The molecule has 0 aliphatic rings. The molecule has 0 saturated heterocycles. The lowest BCUT2D eigenvalue weighted by atomic mass is 10.2. The van der Waals surface area contributed by atoms with Crippen LogP contribution < -0.4 is 14.8 Å². The molecule has 0 saturated carbocycles. The smallest absolute Gasteiger partial charge is 0.371 e. The van der Waals surface area contributed by atoms with Gasteiger partial charge in [0.1, 0.15) is 17.3 Å².